The van der Waals surface area contributed by atoms with Gasteiger partial charge in [-0.25, -0.2) is 0 Å². The molecular weight excluding hydrogens is 306 g/mol. The number of hydrogen-bond acceptors (Lipinski definition) is 2. The van der Waals surface area contributed by atoms with Gasteiger partial charge in [0.1, 0.15) is 11.3 Å². The van der Waals surface area contributed by atoms with Gasteiger partial charge in [-0.15, -0.1) is 0 Å². The Morgan fingerprint density at radius 1 is 1.16 bits per heavy atom. The van der Waals surface area contributed by atoms with Gasteiger partial charge in [-0.05, 0) is 46.6 Å². The minimum absolute atomic E-state index is 0.0131. The summed E-state index contributed by atoms with van der Waals surface area (Å²) in [6.45, 7) is 2.95. The lowest BCUT2D eigenvalue weighted by atomic mass is 10.1. The number of benzene rings is 1. The summed E-state index contributed by atoms with van der Waals surface area (Å²) >= 11 is 3.19. The van der Waals surface area contributed by atoms with Crippen molar-refractivity contribution in [2.24, 2.45) is 0 Å². The third kappa shape index (κ3) is 6.62. The third-order valence-corrected chi connectivity index (χ3v) is 3.13. The molecule has 0 aliphatic carbocycles. The number of unbranched alkanes of at least 4 members (excludes halogenated alkanes) is 4. The molecule has 0 unspecified atom stereocenters. The van der Waals surface area contributed by atoms with Crippen LogP contribution in [0.15, 0.2) is 24.3 Å². The molecule has 1 N–H and O–H groups in total. The van der Waals surface area contributed by atoms with Gasteiger partial charge in [0.2, 0.25) is 0 Å². The minimum Gasteiger partial charge on any atom is -0.482 e. The fraction of sp³-hybridized carbons (Fsp3) is 0.533. The van der Waals surface area contributed by atoms with E-state index in [9.17, 15) is 4.79 Å². The Kier molecular flexibility index (Phi) is 8.30. The molecule has 0 aliphatic rings. The van der Waals surface area contributed by atoms with Crippen LogP contribution in [0.5, 0.6) is 5.75 Å². The Hall–Kier alpha value is -1.03. The number of halogens is 1. The quantitative estimate of drug-likeness (QED) is 0.547. The number of rotatable bonds is 9. The van der Waals surface area contributed by atoms with Gasteiger partial charge in [-0.2, -0.15) is 0 Å². The van der Waals surface area contributed by atoms with E-state index in [1.807, 2.05) is 0 Å². The Morgan fingerprint density at radius 3 is 2.47 bits per heavy atom. The first-order valence-electron chi connectivity index (χ1n) is 6.85. The van der Waals surface area contributed by atoms with Crippen LogP contribution in [0, 0.1) is 0 Å². The summed E-state index contributed by atoms with van der Waals surface area (Å²) in [6.07, 6.45) is 6.02. The second-order valence-electron chi connectivity index (χ2n) is 4.45. The average molecular weight is 328 g/mol. The van der Waals surface area contributed by atoms with Crippen molar-refractivity contribution in [2.75, 3.05) is 12.1 Å². The molecule has 0 aromatic heterocycles. The predicted molar refractivity (Wildman–Crippen MR) is 82.0 cm³/mol. The van der Waals surface area contributed by atoms with Crippen molar-refractivity contribution in [3.05, 3.63) is 29.8 Å². The highest BCUT2D eigenvalue weighted by Crippen LogP contribution is 2.12. The first-order valence-corrected chi connectivity index (χ1v) is 7.97. The van der Waals surface area contributed by atoms with Gasteiger partial charge in [0.05, 0.1) is 0 Å². The molecule has 1 rings (SSSR count). The van der Waals surface area contributed by atoms with E-state index in [-0.39, 0.29) is 5.91 Å². The molecule has 0 spiro atoms. The van der Waals surface area contributed by atoms with Gasteiger partial charge >= 0.3 is 0 Å². The summed E-state index contributed by atoms with van der Waals surface area (Å²) in [5.41, 5.74) is 1.13. The Morgan fingerprint density at radius 2 is 1.84 bits per heavy atom. The normalized spacial score (nSPS) is 10.2. The molecule has 1 aromatic carbocycles. The highest BCUT2D eigenvalue weighted by Gasteiger charge is 2.04. The smallest absolute Gasteiger partial charge is 0.251 e. The van der Waals surface area contributed by atoms with E-state index in [2.05, 4.69) is 28.2 Å². The maximum Gasteiger partial charge on any atom is 0.251 e. The third-order valence-electron chi connectivity index (χ3n) is 2.90. The van der Waals surface area contributed by atoms with Gasteiger partial charge in [0, 0.05) is 12.1 Å². The lowest BCUT2D eigenvalue weighted by Crippen LogP contribution is -2.24. The molecule has 0 bridgehead atoms. The fourth-order valence-corrected chi connectivity index (χ4v) is 2.06. The number of carbonyl (C=O) groups is 1. The van der Waals surface area contributed by atoms with E-state index in [0.29, 0.717) is 11.1 Å². The molecule has 1 aromatic rings. The number of amides is 1. The van der Waals surface area contributed by atoms with Crippen molar-refractivity contribution in [1.82, 2.24) is 5.32 Å². The molecule has 4 heteroatoms. The standard InChI is InChI=1S/C15H22BrNO2/c1-2-3-4-5-6-11-17-15(18)13-7-9-14(10-8-13)19-12-16/h7-10H,2-6,11-12H2,1H3,(H,17,18). The molecular formula is C15H22BrNO2. The topological polar surface area (TPSA) is 38.3 Å². The van der Waals surface area contributed by atoms with Gasteiger partial charge in [0.25, 0.3) is 5.91 Å². The summed E-state index contributed by atoms with van der Waals surface area (Å²) < 4.78 is 5.26. The Balaban J connectivity index is 2.25. The number of alkyl halides is 1. The molecule has 0 radical (unpaired) electrons. The molecule has 0 fully saturated rings. The highest BCUT2D eigenvalue weighted by molar-refractivity contribution is 9.09. The van der Waals surface area contributed by atoms with E-state index < -0.39 is 0 Å². The highest BCUT2D eigenvalue weighted by atomic mass is 79.9. The van der Waals surface area contributed by atoms with Gasteiger partial charge in [-0.1, -0.05) is 32.6 Å². The van der Waals surface area contributed by atoms with Crippen molar-refractivity contribution in [3.8, 4) is 5.75 Å². The Bertz CT molecular complexity index is 365. The maximum atomic E-state index is 11.8. The second kappa shape index (κ2) is 9.84. The summed E-state index contributed by atoms with van der Waals surface area (Å²) in [7, 11) is 0. The number of ether oxygens (including phenoxy) is 1. The fourth-order valence-electron chi connectivity index (χ4n) is 1.80. The first-order chi connectivity index (χ1) is 9.27. The first kappa shape index (κ1) is 16.0. The zero-order valence-corrected chi connectivity index (χ0v) is 13.0. The van der Waals surface area contributed by atoms with E-state index >= 15 is 0 Å². The van der Waals surface area contributed by atoms with Gasteiger partial charge in [-0.3, -0.25) is 4.79 Å². The zero-order chi connectivity index (χ0) is 13.9. The molecule has 0 saturated heterocycles. The molecule has 1 amide bonds. The average Bonchev–Trinajstić information content (AvgIpc) is 2.43. The summed E-state index contributed by atoms with van der Waals surface area (Å²) in [4.78, 5) is 11.8. The van der Waals surface area contributed by atoms with Crippen molar-refractivity contribution in [2.45, 2.75) is 39.0 Å². The SMILES string of the molecule is CCCCCCCNC(=O)c1ccc(OCBr)cc1. The van der Waals surface area contributed by atoms with Crippen LogP contribution >= 0.6 is 15.9 Å². The minimum atomic E-state index is -0.0131. The monoisotopic (exact) mass is 327 g/mol. The molecule has 0 aliphatic heterocycles. The van der Waals surface area contributed by atoms with Crippen LogP contribution in [0.1, 0.15) is 49.4 Å². The van der Waals surface area contributed by atoms with Crippen LogP contribution < -0.4 is 10.1 Å². The van der Waals surface area contributed by atoms with Crippen LogP contribution in [-0.2, 0) is 0 Å². The number of hydrogen-bond donors (Lipinski definition) is 1. The molecule has 19 heavy (non-hydrogen) atoms. The summed E-state index contributed by atoms with van der Waals surface area (Å²) in [6, 6.07) is 7.17. The molecule has 3 nitrogen and oxygen atoms in total. The molecule has 0 saturated carbocycles. The van der Waals surface area contributed by atoms with E-state index in [0.717, 1.165) is 18.7 Å². The van der Waals surface area contributed by atoms with Crippen molar-refractivity contribution < 1.29 is 9.53 Å². The van der Waals surface area contributed by atoms with E-state index in [1.54, 1.807) is 24.3 Å². The molecule has 106 valence electrons. The van der Waals surface area contributed by atoms with Crippen LogP contribution in [-0.4, -0.2) is 18.0 Å². The van der Waals surface area contributed by atoms with Crippen LogP contribution in [0.25, 0.3) is 0 Å². The number of nitrogens with one attached hydrogen (secondary N) is 1. The van der Waals surface area contributed by atoms with Crippen LogP contribution in [0.3, 0.4) is 0 Å². The Labute approximate surface area is 123 Å². The lowest BCUT2D eigenvalue weighted by Gasteiger charge is -2.06. The predicted octanol–water partition coefficient (Wildman–Crippen LogP) is 4.12. The van der Waals surface area contributed by atoms with E-state index in [1.165, 1.54) is 25.7 Å². The van der Waals surface area contributed by atoms with Crippen molar-refractivity contribution in [1.29, 1.82) is 0 Å². The summed E-state index contributed by atoms with van der Waals surface area (Å²) in [5, 5.41) is 2.94. The molecule has 0 heterocycles. The van der Waals surface area contributed by atoms with Gasteiger partial charge in [0.15, 0.2) is 0 Å². The van der Waals surface area contributed by atoms with Gasteiger partial charge < -0.3 is 10.1 Å². The van der Waals surface area contributed by atoms with Crippen LogP contribution in [0.2, 0.25) is 0 Å². The maximum absolute atomic E-state index is 11.8. The van der Waals surface area contributed by atoms with Crippen LogP contribution in [0.4, 0.5) is 0 Å². The van der Waals surface area contributed by atoms with Crippen molar-refractivity contribution in [3.63, 3.8) is 0 Å². The summed E-state index contributed by atoms with van der Waals surface area (Å²) in [5.74, 6) is 0.744. The zero-order valence-electron chi connectivity index (χ0n) is 11.5. The second-order valence-corrected chi connectivity index (χ2v) is 4.91. The number of carbonyl (C=O) groups excluding carboxylic acids is 1. The lowest BCUT2D eigenvalue weighted by molar-refractivity contribution is 0.0953. The van der Waals surface area contributed by atoms with E-state index in [4.69, 9.17) is 4.74 Å². The largest absolute Gasteiger partial charge is 0.482 e. The molecule has 0 atom stereocenters. The van der Waals surface area contributed by atoms with Crippen molar-refractivity contribution >= 4 is 21.8 Å².